The lowest BCUT2D eigenvalue weighted by atomic mass is 10.2. The minimum absolute atomic E-state index is 0.00275. The molecule has 0 saturated carbocycles. The van der Waals surface area contributed by atoms with Crippen LogP contribution >= 0.6 is 11.3 Å². The molecule has 0 aliphatic rings. The van der Waals surface area contributed by atoms with Crippen LogP contribution in [0.4, 0.5) is 11.5 Å². The molecule has 2 heterocycles. The smallest absolute Gasteiger partial charge is 0.355 e. The Morgan fingerprint density at radius 1 is 1.57 bits per heavy atom. The molecule has 0 spiro atoms. The molecule has 1 atom stereocenters. The predicted molar refractivity (Wildman–Crippen MR) is 76.7 cm³/mol. The Morgan fingerprint density at radius 2 is 2.29 bits per heavy atom. The van der Waals surface area contributed by atoms with E-state index >= 15 is 0 Å². The molecule has 0 aliphatic heterocycles. The minimum Gasteiger partial charge on any atom is -0.476 e. The standard InChI is InChI=1S/C12H12N4O4S/c1-6-3-8(16(19)20)4-13-10(6)14-7(2)11-15-9(5-21-11)12(17)18/h3-5,7H,1-2H3,(H,13,14)(H,17,18). The summed E-state index contributed by atoms with van der Waals surface area (Å²) in [5.41, 5.74) is 0.552. The fraction of sp³-hybridized carbons (Fsp3) is 0.250. The van der Waals surface area contributed by atoms with Gasteiger partial charge in [-0.05, 0) is 19.4 Å². The van der Waals surface area contributed by atoms with Gasteiger partial charge in [-0.1, -0.05) is 0 Å². The molecule has 0 saturated heterocycles. The van der Waals surface area contributed by atoms with Crippen molar-refractivity contribution >= 4 is 28.8 Å². The van der Waals surface area contributed by atoms with Crippen molar-refractivity contribution in [3.05, 3.63) is 44.0 Å². The molecule has 2 N–H and O–H groups in total. The van der Waals surface area contributed by atoms with Crippen molar-refractivity contribution in [3.63, 3.8) is 0 Å². The maximum absolute atomic E-state index is 10.8. The summed E-state index contributed by atoms with van der Waals surface area (Å²) in [5, 5.41) is 24.6. The van der Waals surface area contributed by atoms with E-state index in [4.69, 9.17) is 5.11 Å². The molecule has 0 aromatic carbocycles. The van der Waals surface area contributed by atoms with Crippen molar-refractivity contribution in [2.45, 2.75) is 19.9 Å². The number of pyridine rings is 1. The van der Waals surface area contributed by atoms with Crippen LogP contribution in [0.1, 0.15) is 34.0 Å². The van der Waals surface area contributed by atoms with Crippen molar-refractivity contribution in [2.24, 2.45) is 0 Å². The van der Waals surface area contributed by atoms with Crippen molar-refractivity contribution in [1.82, 2.24) is 9.97 Å². The number of hydrogen-bond acceptors (Lipinski definition) is 7. The van der Waals surface area contributed by atoms with Crippen molar-refractivity contribution in [2.75, 3.05) is 5.32 Å². The summed E-state index contributed by atoms with van der Waals surface area (Å²) in [4.78, 5) is 29.0. The van der Waals surface area contributed by atoms with Gasteiger partial charge in [0.15, 0.2) is 5.69 Å². The van der Waals surface area contributed by atoms with Gasteiger partial charge in [0, 0.05) is 11.4 Å². The van der Waals surface area contributed by atoms with Gasteiger partial charge in [0.1, 0.15) is 17.0 Å². The molecule has 21 heavy (non-hydrogen) atoms. The average molecular weight is 308 g/mol. The van der Waals surface area contributed by atoms with E-state index in [0.717, 1.165) is 0 Å². The molecule has 110 valence electrons. The summed E-state index contributed by atoms with van der Waals surface area (Å²) in [5.74, 6) is -0.575. The highest BCUT2D eigenvalue weighted by Gasteiger charge is 2.16. The highest BCUT2D eigenvalue weighted by atomic mass is 32.1. The van der Waals surface area contributed by atoms with E-state index in [1.807, 2.05) is 6.92 Å². The molecule has 0 amide bonds. The van der Waals surface area contributed by atoms with Gasteiger partial charge >= 0.3 is 5.97 Å². The Hall–Kier alpha value is -2.55. The van der Waals surface area contributed by atoms with E-state index in [2.05, 4.69) is 15.3 Å². The summed E-state index contributed by atoms with van der Waals surface area (Å²) < 4.78 is 0. The molecule has 8 nitrogen and oxygen atoms in total. The van der Waals surface area contributed by atoms with Gasteiger partial charge in [-0.25, -0.2) is 14.8 Å². The van der Waals surface area contributed by atoms with Crippen LogP contribution in [0, 0.1) is 17.0 Å². The van der Waals surface area contributed by atoms with Crippen molar-refractivity contribution < 1.29 is 14.8 Å². The first-order valence-electron chi connectivity index (χ1n) is 5.94. The topological polar surface area (TPSA) is 118 Å². The van der Waals surface area contributed by atoms with Crippen LogP contribution in [0.2, 0.25) is 0 Å². The fourth-order valence-electron chi connectivity index (χ4n) is 1.66. The number of nitrogens with zero attached hydrogens (tertiary/aromatic N) is 3. The van der Waals surface area contributed by atoms with Crippen LogP contribution < -0.4 is 5.32 Å². The molecule has 2 aromatic heterocycles. The van der Waals surface area contributed by atoms with E-state index in [0.29, 0.717) is 16.4 Å². The van der Waals surface area contributed by atoms with E-state index in [9.17, 15) is 14.9 Å². The monoisotopic (exact) mass is 308 g/mol. The second-order valence-corrected chi connectivity index (χ2v) is 5.25. The third-order valence-electron chi connectivity index (χ3n) is 2.74. The molecule has 2 aromatic rings. The van der Waals surface area contributed by atoms with Crippen molar-refractivity contribution in [3.8, 4) is 0 Å². The Morgan fingerprint density at radius 3 is 2.81 bits per heavy atom. The largest absolute Gasteiger partial charge is 0.476 e. The number of hydrogen-bond donors (Lipinski definition) is 2. The van der Waals surface area contributed by atoms with Crippen LogP contribution in [0.3, 0.4) is 0 Å². The highest BCUT2D eigenvalue weighted by Crippen LogP contribution is 2.25. The van der Waals surface area contributed by atoms with Gasteiger partial charge in [0.2, 0.25) is 0 Å². The molecule has 0 radical (unpaired) electrons. The zero-order valence-electron chi connectivity index (χ0n) is 11.2. The number of aromatic nitrogens is 2. The van der Waals surface area contributed by atoms with E-state index in [-0.39, 0.29) is 17.4 Å². The van der Waals surface area contributed by atoms with E-state index in [1.165, 1.54) is 29.0 Å². The number of thiazole rings is 1. The quantitative estimate of drug-likeness (QED) is 0.643. The molecular formula is C12H12N4O4S. The first-order valence-corrected chi connectivity index (χ1v) is 6.82. The molecule has 2 rings (SSSR count). The third kappa shape index (κ3) is 3.31. The summed E-state index contributed by atoms with van der Waals surface area (Å²) in [7, 11) is 0. The minimum atomic E-state index is -1.07. The van der Waals surface area contributed by atoms with Crippen LogP contribution in [0.25, 0.3) is 0 Å². The lowest BCUT2D eigenvalue weighted by Gasteiger charge is -2.13. The first-order chi connectivity index (χ1) is 9.88. The number of carboxylic acids is 1. The summed E-state index contributed by atoms with van der Waals surface area (Å²) >= 11 is 1.23. The van der Waals surface area contributed by atoms with Gasteiger partial charge in [0.25, 0.3) is 5.69 Å². The average Bonchev–Trinajstić information content (AvgIpc) is 2.90. The van der Waals surface area contributed by atoms with Gasteiger partial charge < -0.3 is 10.4 Å². The predicted octanol–water partition coefficient (Wildman–Crippen LogP) is 2.63. The van der Waals surface area contributed by atoms with Gasteiger partial charge in [-0.3, -0.25) is 10.1 Å². The summed E-state index contributed by atoms with van der Waals surface area (Å²) in [6.45, 7) is 3.52. The lowest BCUT2D eigenvalue weighted by molar-refractivity contribution is -0.385. The SMILES string of the molecule is Cc1cc([N+](=O)[O-])cnc1NC(C)c1nc(C(=O)O)cs1. The number of nitro groups is 1. The number of nitrogens with one attached hydrogen (secondary N) is 1. The number of carbonyl (C=O) groups is 1. The maximum atomic E-state index is 10.8. The number of anilines is 1. The zero-order valence-corrected chi connectivity index (χ0v) is 12.0. The van der Waals surface area contributed by atoms with E-state index < -0.39 is 10.9 Å². The normalized spacial score (nSPS) is 11.9. The molecular weight excluding hydrogens is 296 g/mol. The van der Waals surface area contributed by atoms with E-state index in [1.54, 1.807) is 6.92 Å². The zero-order chi connectivity index (χ0) is 15.6. The molecule has 0 aliphatic carbocycles. The van der Waals surface area contributed by atoms with Crippen molar-refractivity contribution in [1.29, 1.82) is 0 Å². The number of aryl methyl sites for hydroxylation is 1. The molecule has 0 bridgehead atoms. The molecule has 1 unspecified atom stereocenters. The van der Waals surface area contributed by atoms with Gasteiger partial charge in [-0.2, -0.15) is 0 Å². The van der Waals surface area contributed by atoms with Crippen LogP contribution in [0.15, 0.2) is 17.6 Å². The molecule has 9 heteroatoms. The fourth-order valence-corrected chi connectivity index (χ4v) is 2.46. The van der Waals surface area contributed by atoms with Crippen LogP contribution in [-0.2, 0) is 0 Å². The Labute approximate surface area is 123 Å². The third-order valence-corrected chi connectivity index (χ3v) is 3.77. The highest BCUT2D eigenvalue weighted by molar-refractivity contribution is 7.09. The van der Waals surface area contributed by atoms with Gasteiger partial charge in [-0.15, -0.1) is 11.3 Å². The second kappa shape index (κ2) is 5.83. The first kappa shape index (κ1) is 14.9. The molecule has 0 fully saturated rings. The lowest BCUT2D eigenvalue weighted by Crippen LogP contribution is -2.10. The maximum Gasteiger partial charge on any atom is 0.355 e. The summed E-state index contributed by atoms with van der Waals surface area (Å²) in [6, 6.07) is 1.17. The van der Waals surface area contributed by atoms with Crippen LogP contribution in [-0.4, -0.2) is 26.0 Å². The number of aromatic carboxylic acids is 1. The Bertz CT molecular complexity index is 700. The second-order valence-electron chi connectivity index (χ2n) is 4.36. The van der Waals surface area contributed by atoms with Gasteiger partial charge in [0.05, 0.1) is 11.0 Å². The Balaban J connectivity index is 2.17. The van der Waals surface area contributed by atoms with Crippen LogP contribution in [0.5, 0.6) is 0 Å². The summed E-state index contributed by atoms with van der Waals surface area (Å²) in [6.07, 6.45) is 1.17. The number of carboxylic acid groups (broad SMARTS) is 1. The Kier molecular flexibility index (Phi) is 4.13. The number of rotatable bonds is 5.